The Morgan fingerprint density at radius 3 is 2.79 bits per heavy atom. The minimum atomic E-state index is 0.0474. The van der Waals surface area contributed by atoms with Gasteiger partial charge in [-0.2, -0.15) is 0 Å². The molecule has 2 aliphatic heterocycles. The van der Waals surface area contributed by atoms with Crippen LogP contribution in [0.3, 0.4) is 0 Å². The van der Waals surface area contributed by atoms with Crippen LogP contribution in [0.25, 0.3) is 0 Å². The number of anilines is 2. The first-order valence-corrected chi connectivity index (χ1v) is 10.8. The zero-order chi connectivity index (χ0) is 19.3. The van der Waals surface area contributed by atoms with Crippen LogP contribution in [0.5, 0.6) is 0 Å². The highest BCUT2D eigenvalue weighted by molar-refractivity contribution is 7.09. The number of carbonyl (C=O) groups excluding carboxylic acids is 1. The molecule has 0 aromatic carbocycles. The number of aromatic nitrogens is 2. The Kier molecular flexibility index (Phi) is 6.19. The van der Waals surface area contributed by atoms with Gasteiger partial charge in [0.25, 0.3) is 0 Å². The van der Waals surface area contributed by atoms with E-state index in [1.807, 2.05) is 19.1 Å². The van der Waals surface area contributed by atoms with Crippen LogP contribution in [0.1, 0.15) is 23.5 Å². The molecule has 2 saturated heterocycles. The summed E-state index contributed by atoms with van der Waals surface area (Å²) in [6.45, 7) is 7.76. The summed E-state index contributed by atoms with van der Waals surface area (Å²) in [5, 5.41) is 6.37. The summed E-state index contributed by atoms with van der Waals surface area (Å²) in [5.74, 6) is 0.994. The average molecular weight is 402 g/mol. The van der Waals surface area contributed by atoms with Crippen molar-refractivity contribution in [3.05, 3.63) is 34.4 Å². The second-order valence-corrected chi connectivity index (χ2v) is 8.43. The summed E-state index contributed by atoms with van der Waals surface area (Å²) >= 11 is 1.69. The molecule has 150 valence electrons. The van der Waals surface area contributed by atoms with Crippen LogP contribution >= 0.6 is 11.3 Å². The third kappa shape index (κ3) is 4.68. The van der Waals surface area contributed by atoms with Crippen molar-refractivity contribution >= 4 is 28.7 Å². The minimum absolute atomic E-state index is 0.0474. The highest BCUT2D eigenvalue weighted by atomic mass is 32.1. The van der Waals surface area contributed by atoms with Crippen molar-refractivity contribution in [2.75, 3.05) is 49.6 Å². The fraction of sp³-hybridized carbons (Fsp3) is 0.550. The summed E-state index contributed by atoms with van der Waals surface area (Å²) in [7, 11) is 0. The standard InChI is InChI=1S/C20H27N5O2S/c1-15-22-17(14-28-15)13-24-7-4-16(5-8-24)20(26)23-18-3-2-6-21-19(18)25-9-11-27-12-10-25/h2-3,6,14,16H,4-5,7-13H2,1H3,(H,23,26). The highest BCUT2D eigenvalue weighted by Crippen LogP contribution is 2.26. The van der Waals surface area contributed by atoms with Crippen molar-refractivity contribution in [2.45, 2.75) is 26.3 Å². The van der Waals surface area contributed by atoms with Gasteiger partial charge < -0.3 is 15.0 Å². The first-order valence-electron chi connectivity index (χ1n) is 9.91. The van der Waals surface area contributed by atoms with E-state index in [0.717, 1.165) is 67.8 Å². The predicted molar refractivity (Wildman–Crippen MR) is 111 cm³/mol. The van der Waals surface area contributed by atoms with E-state index in [-0.39, 0.29) is 11.8 Å². The Bertz CT molecular complexity index is 797. The number of hydrogen-bond donors (Lipinski definition) is 1. The molecule has 0 aliphatic carbocycles. The molecule has 2 aromatic rings. The number of piperidine rings is 1. The lowest BCUT2D eigenvalue weighted by molar-refractivity contribution is -0.121. The van der Waals surface area contributed by atoms with Gasteiger partial charge in [-0.05, 0) is 45.0 Å². The Hall–Kier alpha value is -2.03. The number of carbonyl (C=O) groups is 1. The summed E-state index contributed by atoms with van der Waals surface area (Å²) in [6, 6.07) is 3.81. The third-order valence-corrected chi connectivity index (χ3v) is 6.19. The molecule has 0 atom stereocenters. The molecule has 1 amide bonds. The lowest BCUT2D eigenvalue weighted by Crippen LogP contribution is -2.39. The summed E-state index contributed by atoms with van der Waals surface area (Å²) < 4.78 is 5.43. The van der Waals surface area contributed by atoms with E-state index in [4.69, 9.17) is 4.74 Å². The maximum atomic E-state index is 12.9. The van der Waals surface area contributed by atoms with Gasteiger partial charge >= 0.3 is 0 Å². The minimum Gasteiger partial charge on any atom is -0.378 e. The van der Waals surface area contributed by atoms with Gasteiger partial charge in [-0.25, -0.2) is 9.97 Å². The monoisotopic (exact) mass is 401 g/mol. The summed E-state index contributed by atoms with van der Waals surface area (Å²) in [5.41, 5.74) is 1.94. The summed E-state index contributed by atoms with van der Waals surface area (Å²) in [6.07, 6.45) is 3.53. The second-order valence-electron chi connectivity index (χ2n) is 7.37. The molecule has 0 bridgehead atoms. The molecule has 2 aliphatic rings. The zero-order valence-corrected chi connectivity index (χ0v) is 17.1. The average Bonchev–Trinajstić information content (AvgIpc) is 3.14. The molecular weight excluding hydrogens is 374 g/mol. The number of nitrogens with zero attached hydrogens (tertiary/aromatic N) is 4. The van der Waals surface area contributed by atoms with Gasteiger partial charge in [0.1, 0.15) is 0 Å². The van der Waals surface area contributed by atoms with Gasteiger partial charge in [0.15, 0.2) is 5.82 Å². The van der Waals surface area contributed by atoms with E-state index in [2.05, 4.69) is 30.5 Å². The van der Waals surface area contributed by atoms with Gasteiger partial charge in [-0.3, -0.25) is 9.69 Å². The number of aryl methyl sites for hydroxylation is 1. The number of amides is 1. The van der Waals surface area contributed by atoms with Crippen LogP contribution in [-0.4, -0.2) is 60.2 Å². The number of pyridine rings is 1. The van der Waals surface area contributed by atoms with Crippen molar-refractivity contribution in [1.82, 2.24) is 14.9 Å². The first-order chi connectivity index (χ1) is 13.7. The zero-order valence-electron chi connectivity index (χ0n) is 16.3. The molecule has 4 heterocycles. The van der Waals surface area contributed by atoms with Crippen LogP contribution < -0.4 is 10.2 Å². The normalized spacial score (nSPS) is 19.0. The Labute approximate surface area is 169 Å². The van der Waals surface area contributed by atoms with Crippen LogP contribution in [0.4, 0.5) is 11.5 Å². The lowest BCUT2D eigenvalue weighted by atomic mass is 9.95. The van der Waals surface area contributed by atoms with E-state index in [0.29, 0.717) is 13.2 Å². The molecular formula is C20H27N5O2S. The third-order valence-electron chi connectivity index (χ3n) is 5.37. The van der Waals surface area contributed by atoms with Gasteiger partial charge in [0.2, 0.25) is 5.91 Å². The molecule has 28 heavy (non-hydrogen) atoms. The highest BCUT2D eigenvalue weighted by Gasteiger charge is 2.26. The molecule has 8 heteroatoms. The number of likely N-dealkylation sites (tertiary alicyclic amines) is 1. The summed E-state index contributed by atoms with van der Waals surface area (Å²) in [4.78, 5) is 26.5. The van der Waals surface area contributed by atoms with Crippen LogP contribution in [-0.2, 0) is 16.1 Å². The second kappa shape index (κ2) is 8.98. The maximum Gasteiger partial charge on any atom is 0.227 e. The molecule has 4 rings (SSSR count). The molecule has 2 fully saturated rings. The number of thiazole rings is 1. The number of rotatable bonds is 5. The maximum absolute atomic E-state index is 12.9. The van der Waals surface area contributed by atoms with Crippen molar-refractivity contribution in [2.24, 2.45) is 5.92 Å². The van der Waals surface area contributed by atoms with Crippen molar-refractivity contribution in [3.8, 4) is 0 Å². The van der Waals surface area contributed by atoms with Crippen LogP contribution in [0, 0.1) is 12.8 Å². The van der Waals surface area contributed by atoms with Gasteiger partial charge in [0.05, 0.1) is 29.6 Å². The Balaban J connectivity index is 1.32. The van der Waals surface area contributed by atoms with Crippen molar-refractivity contribution in [3.63, 3.8) is 0 Å². The quantitative estimate of drug-likeness (QED) is 0.830. The number of hydrogen-bond acceptors (Lipinski definition) is 7. The van der Waals surface area contributed by atoms with E-state index < -0.39 is 0 Å². The van der Waals surface area contributed by atoms with Gasteiger partial charge in [0, 0.05) is 37.1 Å². The fourth-order valence-electron chi connectivity index (χ4n) is 3.82. The van der Waals surface area contributed by atoms with Gasteiger partial charge in [-0.15, -0.1) is 11.3 Å². The fourth-order valence-corrected chi connectivity index (χ4v) is 4.42. The van der Waals surface area contributed by atoms with E-state index in [1.54, 1.807) is 17.5 Å². The predicted octanol–water partition coefficient (Wildman–Crippen LogP) is 2.53. The molecule has 0 radical (unpaired) electrons. The lowest BCUT2D eigenvalue weighted by Gasteiger charge is -2.32. The molecule has 2 aromatic heterocycles. The molecule has 0 saturated carbocycles. The topological polar surface area (TPSA) is 70.6 Å². The van der Waals surface area contributed by atoms with Crippen molar-refractivity contribution < 1.29 is 9.53 Å². The van der Waals surface area contributed by atoms with Crippen LogP contribution in [0.15, 0.2) is 23.7 Å². The first kappa shape index (κ1) is 19.3. The van der Waals surface area contributed by atoms with E-state index >= 15 is 0 Å². The SMILES string of the molecule is Cc1nc(CN2CCC(C(=O)Nc3cccnc3N3CCOCC3)CC2)cs1. The van der Waals surface area contributed by atoms with E-state index in [9.17, 15) is 4.79 Å². The Morgan fingerprint density at radius 2 is 2.07 bits per heavy atom. The van der Waals surface area contributed by atoms with E-state index in [1.165, 1.54) is 0 Å². The van der Waals surface area contributed by atoms with Gasteiger partial charge in [-0.1, -0.05) is 0 Å². The smallest absolute Gasteiger partial charge is 0.227 e. The molecule has 7 nitrogen and oxygen atoms in total. The Morgan fingerprint density at radius 1 is 1.29 bits per heavy atom. The molecule has 1 N–H and O–H groups in total. The number of morpholine rings is 1. The molecule has 0 unspecified atom stereocenters. The number of ether oxygens (including phenoxy) is 1. The largest absolute Gasteiger partial charge is 0.378 e. The molecule has 0 spiro atoms. The number of nitrogens with one attached hydrogen (secondary N) is 1. The van der Waals surface area contributed by atoms with Crippen molar-refractivity contribution in [1.29, 1.82) is 0 Å². The van der Waals surface area contributed by atoms with Crippen LogP contribution in [0.2, 0.25) is 0 Å².